The van der Waals surface area contributed by atoms with Gasteiger partial charge >= 0.3 is 12.1 Å². The minimum absolute atomic E-state index is 0.0950. The van der Waals surface area contributed by atoms with Crippen molar-refractivity contribution in [2.24, 2.45) is 5.92 Å². The van der Waals surface area contributed by atoms with Crippen LogP contribution in [0.4, 0.5) is 4.79 Å². The molecule has 3 aromatic rings. The maximum absolute atomic E-state index is 12.6. The van der Waals surface area contributed by atoms with Crippen LogP contribution >= 0.6 is 11.3 Å². The number of hydrogen-bond donors (Lipinski definition) is 1. The van der Waals surface area contributed by atoms with Crippen LogP contribution in [0.25, 0.3) is 11.1 Å². The lowest BCUT2D eigenvalue weighted by Gasteiger charge is -2.19. The van der Waals surface area contributed by atoms with Crippen LogP contribution in [0.3, 0.4) is 0 Å². The zero-order valence-corrected chi connectivity index (χ0v) is 17.3. The van der Waals surface area contributed by atoms with Gasteiger partial charge < -0.3 is 9.84 Å². The Bertz CT molecular complexity index is 1000. The molecule has 1 aliphatic heterocycles. The van der Waals surface area contributed by atoms with Gasteiger partial charge in [-0.25, -0.2) is 9.59 Å². The number of likely N-dealkylation sites (tertiary alicyclic amines) is 1. The van der Waals surface area contributed by atoms with E-state index in [9.17, 15) is 14.7 Å². The molecule has 30 heavy (non-hydrogen) atoms. The zero-order chi connectivity index (χ0) is 20.9. The van der Waals surface area contributed by atoms with Gasteiger partial charge in [-0.2, -0.15) is 0 Å². The number of rotatable bonds is 6. The van der Waals surface area contributed by atoms with Gasteiger partial charge in [0, 0.05) is 11.4 Å². The van der Waals surface area contributed by atoms with Crippen molar-refractivity contribution in [3.63, 3.8) is 0 Å². The van der Waals surface area contributed by atoms with Crippen molar-refractivity contribution in [1.29, 1.82) is 0 Å². The first kappa shape index (κ1) is 20.2. The second-order valence-corrected chi connectivity index (χ2v) is 8.51. The highest BCUT2D eigenvalue weighted by Gasteiger charge is 2.40. The standard InChI is InChI=1S/C24H23NO4S/c26-23(29-15-17-7-3-1-4-8-17)22-12-18(14-25(22)24(27)28)11-21-13-20(16-30-21)19-9-5-2-6-10-19/h1-10,13,16,18,22H,11-12,14-15H2,(H,27,28)/t18-,22+/m0/s1. The molecule has 1 amide bonds. The molecule has 1 N–H and O–H groups in total. The third-order valence-electron chi connectivity index (χ3n) is 5.38. The number of carboxylic acid groups (broad SMARTS) is 1. The van der Waals surface area contributed by atoms with Gasteiger partial charge in [-0.1, -0.05) is 60.7 Å². The molecule has 6 heteroatoms. The maximum atomic E-state index is 12.6. The van der Waals surface area contributed by atoms with E-state index < -0.39 is 18.1 Å². The van der Waals surface area contributed by atoms with Crippen LogP contribution in [0.15, 0.2) is 72.1 Å². The number of amides is 1. The third-order valence-corrected chi connectivity index (χ3v) is 6.34. The van der Waals surface area contributed by atoms with Crippen molar-refractivity contribution < 1.29 is 19.4 Å². The largest absolute Gasteiger partial charge is 0.465 e. The predicted octanol–water partition coefficient (Wildman–Crippen LogP) is 5.07. The summed E-state index contributed by atoms with van der Waals surface area (Å²) in [5.41, 5.74) is 3.22. The Morgan fingerprint density at radius 2 is 1.73 bits per heavy atom. The van der Waals surface area contributed by atoms with Crippen LogP contribution in [-0.4, -0.2) is 34.7 Å². The van der Waals surface area contributed by atoms with Gasteiger partial charge in [0.1, 0.15) is 12.6 Å². The van der Waals surface area contributed by atoms with Crippen molar-refractivity contribution >= 4 is 23.4 Å². The molecule has 0 spiro atoms. The summed E-state index contributed by atoms with van der Waals surface area (Å²) >= 11 is 1.68. The zero-order valence-electron chi connectivity index (χ0n) is 16.4. The van der Waals surface area contributed by atoms with Gasteiger partial charge in [-0.05, 0) is 46.9 Å². The van der Waals surface area contributed by atoms with Crippen molar-refractivity contribution in [2.45, 2.75) is 25.5 Å². The van der Waals surface area contributed by atoms with E-state index in [0.717, 1.165) is 12.0 Å². The number of hydrogen-bond acceptors (Lipinski definition) is 4. The Morgan fingerprint density at radius 1 is 1.03 bits per heavy atom. The lowest BCUT2D eigenvalue weighted by Crippen LogP contribution is -2.40. The summed E-state index contributed by atoms with van der Waals surface area (Å²) in [6, 6.07) is 21.0. The molecule has 2 atom stereocenters. The highest BCUT2D eigenvalue weighted by atomic mass is 32.1. The summed E-state index contributed by atoms with van der Waals surface area (Å²) in [6.45, 7) is 0.499. The molecule has 0 bridgehead atoms. The van der Waals surface area contributed by atoms with Gasteiger partial charge in [-0.3, -0.25) is 4.90 Å². The molecule has 0 radical (unpaired) electrons. The van der Waals surface area contributed by atoms with E-state index >= 15 is 0 Å². The minimum atomic E-state index is -1.07. The Morgan fingerprint density at radius 3 is 2.43 bits per heavy atom. The van der Waals surface area contributed by atoms with E-state index in [0.29, 0.717) is 13.0 Å². The molecule has 1 saturated heterocycles. The minimum Gasteiger partial charge on any atom is -0.465 e. The highest BCUT2D eigenvalue weighted by Crippen LogP contribution is 2.32. The summed E-state index contributed by atoms with van der Waals surface area (Å²) in [5.74, 6) is -0.377. The van der Waals surface area contributed by atoms with Crippen molar-refractivity contribution in [3.05, 3.63) is 82.6 Å². The number of benzene rings is 2. The highest BCUT2D eigenvalue weighted by molar-refractivity contribution is 7.10. The average Bonchev–Trinajstić information content (AvgIpc) is 3.41. The molecular formula is C24H23NO4S. The molecule has 0 saturated carbocycles. The summed E-state index contributed by atoms with van der Waals surface area (Å²) in [4.78, 5) is 26.7. The molecule has 0 unspecified atom stereocenters. The number of carbonyl (C=O) groups is 2. The van der Waals surface area contributed by atoms with Gasteiger partial charge in [0.15, 0.2) is 0 Å². The summed E-state index contributed by atoms with van der Waals surface area (Å²) in [7, 11) is 0. The lowest BCUT2D eigenvalue weighted by atomic mass is 10.00. The third kappa shape index (κ3) is 4.71. The lowest BCUT2D eigenvalue weighted by molar-refractivity contribution is -0.149. The van der Waals surface area contributed by atoms with E-state index in [1.807, 2.05) is 48.5 Å². The van der Waals surface area contributed by atoms with Crippen LogP contribution in [-0.2, 0) is 22.6 Å². The van der Waals surface area contributed by atoms with Gasteiger partial charge in [-0.15, -0.1) is 11.3 Å². The Labute approximate surface area is 179 Å². The molecule has 154 valence electrons. The molecule has 1 aromatic heterocycles. The van der Waals surface area contributed by atoms with E-state index in [1.54, 1.807) is 11.3 Å². The van der Waals surface area contributed by atoms with Crippen molar-refractivity contribution in [3.8, 4) is 11.1 Å². The molecular weight excluding hydrogens is 398 g/mol. The number of nitrogens with zero attached hydrogens (tertiary/aromatic N) is 1. The molecule has 2 heterocycles. The van der Waals surface area contributed by atoms with Gasteiger partial charge in [0.2, 0.25) is 0 Å². The second-order valence-electron chi connectivity index (χ2n) is 7.52. The maximum Gasteiger partial charge on any atom is 0.408 e. The SMILES string of the molecule is O=C(OCc1ccccc1)[C@H]1C[C@H](Cc2cc(-c3ccccc3)cs2)CN1C(=O)O. The van der Waals surface area contributed by atoms with E-state index in [4.69, 9.17) is 4.74 Å². The average molecular weight is 422 g/mol. The molecule has 5 nitrogen and oxygen atoms in total. The fraction of sp³-hybridized carbons (Fsp3) is 0.250. The van der Waals surface area contributed by atoms with Crippen LogP contribution in [0.1, 0.15) is 16.9 Å². The first-order chi connectivity index (χ1) is 14.6. The van der Waals surface area contributed by atoms with Crippen LogP contribution in [0.2, 0.25) is 0 Å². The molecule has 0 aliphatic carbocycles. The van der Waals surface area contributed by atoms with E-state index in [2.05, 4.69) is 23.6 Å². The normalized spacial score (nSPS) is 18.3. The predicted molar refractivity (Wildman–Crippen MR) is 116 cm³/mol. The topological polar surface area (TPSA) is 66.8 Å². The summed E-state index contributed by atoms with van der Waals surface area (Å²) in [5, 5.41) is 11.7. The van der Waals surface area contributed by atoms with Crippen molar-refractivity contribution in [2.75, 3.05) is 6.54 Å². The summed E-state index contributed by atoms with van der Waals surface area (Å²) < 4.78 is 5.41. The fourth-order valence-corrected chi connectivity index (χ4v) is 4.89. The number of ether oxygens (including phenoxy) is 1. The first-order valence-electron chi connectivity index (χ1n) is 9.93. The molecule has 4 rings (SSSR count). The number of esters is 1. The van der Waals surface area contributed by atoms with E-state index in [1.165, 1.54) is 20.9 Å². The van der Waals surface area contributed by atoms with Gasteiger partial charge in [0.25, 0.3) is 0 Å². The molecule has 1 fully saturated rings. The number of carbonyl (C=O) groups excluding carboxylic acids is 1. The first-order valence-corrected chi connectivity index (χ1v) is 10.8. The molecule has 2 aromatic carbocycles. The van der Waals surface area contributed by atoms with Gasteiger partial charge in [0.05, 0.1) is 0 Å². The monoisotopic (exact) mass is 421 g/mol. The Hall–Kier alpha value is -3.12. The van der Waals surface area contributed by atoms with Crippen LogP contribution in [0, 0.1) is 5.92 Å². The fourth-order valence-electron chi connectivity index (χ4n) is 3.88. The van der Waals surface area contributed by atoms with E-state index in [-0.39, 0.29) is 12.5 Å². The smallest absolute Gasteiger partial charge is 0.408 e. The summed E-state index contributed by atoms with van der Waals surface area (Å²) in [6.07, 6.45) is 0.165. The van der Waals surface area contributed by atoms with Crippen LogP contribution < -0.4 is 0 Å². The molecule has 1 aliphatic rings. The Balaban J connectivity index is 1.39. The second kappa shape index (κ2) is 9.13. The number of thiophene rings is 1. The van der Waals surface area contributed by atoms with Crippen LogP contribution in [0.5, 0.6) is 0 Å². The Kier molecular flexibility index (Phi) is 6.14. The quantitative estimate of drug-likeness (QED) is 0.565. The van der Waals surface area contributed by atoms with Crippen molar-refractivity contribution in [1.82, 2.24) is 4.90 Å².